The van der Waals surface area contributed by atoms with Crippen LogP contribution in [-0.2, 0) is 0 Å². The molecule has 2 aromatic carbocycles. The molecule has 0 unspecified atom stereocenters. The molecule has 0 saturated heterocycles. The van der Waals surface area contributed by atoms with Crippen LogP contribution in [0.15, 0.2) is 65.5 Å². The molecule has 0 saturated carbocycles. The second-order valence-electron chi connectivity index (χ2n) is 8.77. The quantitative estimate of drug-likeness (QED) is 0.408. The molecule has 1 aliphatic carbocycles. The lowest BCUT2D eigenvalue weighted by Gasteiger charge is -2.16. The number of hydrogen-bond acceptors (Lipinski definition) is 3. The van der Waals surface area contributed by atoms with Crippen molar-refractivity contribution in [2.45, 2.75) is 45.4 Å². The maximum atomic E-state index is 13.8. The summed E-state index contributed by atoms with van der Waals surface area (Å²) in [6, 6.07) is 18.1. The summed E-state index contributed by atoms with van der Waals surface area (Å²) in [6.07, 6.45) is 6.76. The normalized spacial score (nSPS) is 14.8. The first-order valence-corrected chi connectivity index (χ1v) is 11.6. The van der Waals surface area contributed by atoms with Crippen LogP contribution in [0.3, 0.4) is 0 Å². The third kappa shape index (κ3) is 3.78. The van der Waals surface area contributed by atoms with Crippen molar-refractivity contribution in [3.05, 3.63) is 93.4 Å². The van der Waals surface area contributed by atoms with E-state index in [4.69, 9.17) is 9.72 Å². The monoisotopic (exact) mass is 439 g/mol. The number of ether oxygens (including phenoxy) is 1. The summed E-state index contributed by atoms with van der Waals surface area (Å²) in [5.41, 5.74) is 7.58. The summed E-state index contributed by atoms with van der Waals surface area (Å²) in [5, 5.41) is 3.42. The van der Waals surface area contributed by atoms with E-state index in [2.05, 4.69) is 30.2 Å². The number of aryl methyl sites for hydroxylation is 1. The minimum absolute atomic E-state index is 0.0411. The highest BCUT2D eigenvalue weighted by Gasteiger charge is 2.24. The highest BCUT2D eigenvalue weighted by molar-refractivity contribution is 5.87. The number of hydrogen-bond donors (Lipinski definition) is 1. The van der Waals surface area contributed by atoms with Gasteiger partial charge in [0, 0.05) is 28.3 Å². The van der Waals surface area contributed by atoms with Crippen molar-refractivity contribution in [2.75, 3.05) is 7.11 Å². The second-order valence-corrected chi connectivity index (χ2v) is 8.77. The van der Waals surface area contributed by atoms with Crippen molar-refractivity contribution in [3.63, 3.8) is 0 Å². The van der Waals surface area contributed by atoms with Crippen molar-refractivity contribution in [1.29, 1.82) is 0 Å². The molecular weight excluding hydrogens is 410 g/mol. The van der Waals surface area contributed by atoms with Crippen LogP contribution >= 0.6 is 0 Å². The van der Waals surface area contributed by atoms with Crippen molar-refractivity contribution < 1.29 is 4.74 Å². The summed E-state index contributed by atoms with van der Waals surface area (Å²) in [7, 11) is 1.65. The maximum Gasteiger partial charge on any atom is 0.276 e. The molecule has 168 valence electrons. The number of H-pyrrole nitrogens is 1. The van der Waals surface area contributed by atoms with Gasteiger partial charge in [0.2, 0.25) is 0 Å². The first-order valence-electron chi connectivity index (χ1n) is 11.6. The van der Waals surface area contributed by atoms with Gasteiger partial charge in [-0.2, -0.15) is 0 Å². The SMILES string of the molecule is COc1ccc([C@@H](C)c2c(C)nc3c(C4=CCCCC4)c(-c4ccccc4)[nH]n3c2=O)cc1. The standard InChI is InChI=1S/C28H29N3O2/c1-18(20-14-16-23(33-3)17-15-20)24-19(2)29-27-25(21-10-6-4-7-11-21)26(30-31(27)28(24)32)22-12-8-5-9-13-22/h5,8-10,12-18,30H,4,6-7,11H2,1-3H3/t18-/m1/s1. The Bertz CT molecular complexity index is 1380. The summed E-state index contributed by atoms with van der Waals surface area (Å²) < 4.78 is 6.94. The number of fused-ring (bicyclic) bond motifs is 1. The van der Waals surface area contributed by atoms with Gasteiger partial charge in [-0.05, 0) is 55.9 Å². The Morgan fingerprint density at radius 1 is 1.06 bits per heavy atom. The lowest BCUT2D eigenvalue weighted by atomic mass is 9.91. The van der Waals surface area contributed by atoms with E-state index in [0.29, 0.717) is 5.56 Å². The number of allylic oxidation sites excluding steroid dienone is 2. The van der Waals surface area contributed by atoms with Crippen molar-refractivity contribution in [1.82, 2.24) is 14.6 Å². The zero-order valence-electron chi connectivity index (χ0n) is 19.4. The van der Waals surface area contributed by atoms with Crippen molar-refractivity contribution in [2.24, 2.45) is 0 Å². The molecule has 4 aromatic rings. The van der Waals surface area contributed by atoms with Gasteiger partial charge in [-0.25, -0.2) is 9.50 Å². The summed E-state index contributed by atoms with van der Waals surface area (Å²) in [5.74, 6) is 0.712. The van der Waals surface area contributed by atoms with E-state index in [1.54, 1.807) is 11.6 Å². The summed E-state index contributed by atoms with van der Waals surface area (Å²) >= 11 is 0. The number of aromatic nitrogens is 3. The van der Waals surface area contributed by atoms with Crippen LogP contribution in [0.2, 0.25) is 0 Å². The predicted octanol–water partition coefficient (Wildman–Crippen LogP) is 6.12. The lowest BCUT2D eigenvalue weighted by molar-refractivity contribution is 0.414. The molecular formula is C28H29N3O2. The Kier molecular flexibility index (Phi) is 5.63. The zero-order chi connectivity index (χ0) is 22.9. The Balaban J connectivity index is 1.72. The molecule has 0 spiro atoms. The third-order valence-electron chi connectivity index (χ3n) is 6.73. The van der Waals surface area contributed by atoms with Crippen LogP contribution in [0, 0.1) is 6.92 Å². The van der Waals surface area contributed by atoms with Crippen LogP contribution in [0.25, 0.3) is 22.5 Å². The second kappa shape index (κ2) is 8.74. The average molecular weight is 440 g/mol. The van der Waals surface area contributed by atoms with Gasteiger partial charge < -0.3 is 4.74 Å². The van der Waals surface area contributed by atoms with Gasteiger partial charge >= 0.3 is 0 Å². The molecule has 0 amide bonds. The smallest absolute Gasteiger partial charge is 0.276 e. The van der Waals surface area contributed by atoms with Gasteiger partial charge in [-0.1, -0.05) is 55.5 Å². The van der Waals surface area contributed by atoms with E-state index >= 15 is 0 Å². The van der Waals surface area contributed by atoms with Gasteiger partial charge in [0.25, 0.3) is 5.56 Å². The van der Waals surface area contributed by atoms with E-state index in [0.717, 1.165) is 58.7 Å². The Morgan fingerprint density at radius 3 is 2.48 bits per heavy atom. The van der Waals surface area contributed by atoms with Gasteiger partial charge in [0.15, 0.2) is 5.65 Å². The lowest BCUT2D eigenvalue weighted by Crippen LogP contribution is -2.24. The van der Waals surface area contributed by atoms with Crippen LogP contribution < -0.4 is 10.3 Å². The number of benzene rings is 2. The van der Waals surface area contributed by atoms with E-state index in [9.17, 15) is 4.79 Å². The number of methoxy groups -OCH3 is 1. The molecule has 1 aliphatic rings. The molecule has 0 fully saturated rings. The molecule has 2 aromatic heterocycles. The molecule has 2 heterocycles. The zero-order valence-corrected chi connectivity index (χ0v) is 19.4. The largest absolute Gasteiger partial charge is 0.497 e. The first-order chi connectivity index (χ1) is 16.1. The molecule has 1 N–H and O–H groups in total. The van der Waals surface area contributed by atoms with Crippen molar-refractivity contribution >= 4 is 11.2 Å². The fourth-order valence-electron chi connectivity index (χ4n) is 4.93. The number of nitrogens with zero attached hydrogens (tertiary/aromatic N) is 2. The molecule has 33 heavy (non-hydrogen) atoms. The number of nitrogens with one attached hydrogen (secondary N) is 1. The summed E-state index contributed by atoms with van der Waals surface area (Å²) in [4.78, 5) is 18.8. The predicted molar refractivity (Wildman–Crippen MR) is 133 cm³/mol. The number of rotatable bonds is 5. The fourth-order valence-corrected chi connectivity index (χ4v) is 4.93. The Morgan fingerprint density at radius 2 is 1.82 bits per heavy atom. The van der Waals surface area contributed by atoms with Crippen LogP contribution in [-0.4, -0.2) is 21.7 Å². The van der Waals surface area contributed by atoms with Crippen LogP contribution in [0.5, 0.6) is 5.75 Å². The minimum atomic E-state index is -0.0892. The highest BCUT2D eigenvalue weighted by atomic mass is 16.5. The maximum absolute atomic E-state index is 13.8. The molecule has 1 atom stereocenters. The molecule has 0 bridgehead atoms. The fraction of sp³-hybridized carbons (Fsp3) is 0.286. The van der Waals surface area contributed by atoms with Gasteiger partial charge in [0.1, 0.15) is 5.75 Å². The Labute approximate surface area is 193 Å². The van der Waals surface area contributed by atoms with E-state index in [1.165, 1.54) is 12.0 Å². The molecule has 5 heteroatoms. The van der Waals surface area contributed by atoms with E-state index in [-0.39, 0.29) is 11.5 Å². The molecule has 0 radical (unpaired) electrons. The first kappa shape index (κ1) is 21.3. The van der Waals surface area contributed by atoms with Gasteiger partial charge in [0.05, 0.1) is 12.8 Å². The van der Waals surface area contributed by atoms with Gasteiger partial charge in [-0.15, -0.1) is 0 Å². The topological polar surface area (TPSA) is 59.4 Å². The van der Waals surface area contributed by atoms with Crippen LogP contribution in [0.4, 0.5) is 0 Å². The van der Waals surface area contributed by atoms with Crippen molar-refractivity contribution in [3.8, 4) is 17.0 Å². The van der Waals surface area contributed by atoms with Crippen LogP contribution in [0.1, 0.15) is 60.9 Å². The molecule has 5 nitrogen and oxygen atoms in total. The van der Waals surface area contributed by atoms with E-state index in [1.807, 2.05) is 49.4 Å². The molecule has 5 rings (SSSR count). The Hall–Kier alpha value is -3.60. The summed E-state index contributed by atoms with van der Waals surface area (Å²) in [6.45, 7) is 4.01. The average Bonchev–Trinajstić information content (AvgIpc) is 3.24. The highest BCUT2D eigenvalue weighted by Crippen LogP contribution is 2.36. The number of aromatic amines is 1. The third-order valence-corrected chi connectivity index (χ3v) is 6.73. The minimum Gasteiger partial charge on any atom is -0.497 e. The van der Waals surface area contributed by atoms with E-state index < -0.39 is 0 Å². The van der Waals surface area contributed by atoms with Gasteiger partial charge in [-0.3, -0.25) is 9.89 Å². The molecule has 0 aliphatic heterocycles.